The molecule has 262 valence electrons. The molecule has 0 bridgehead atoms. The van der Waals surface area contributed by atoms with Gasteiger partial charge in [-0.25, -0.2) is 0 Å². The molecule has 2 aliphatic rings. The van der Waals surface area contributed by atoms with E-state index in [9.17, 15) is 0 Å². The molecule has 0 saturated carbocycles. The molecule has 0 unspecified atom stereocenters. The standard InChI is InChI=1S/C49H41N3Si2/c1-53(2)43-23-15-14-22-37(43)41-30-42(39(31-46(41)53)33-18-10-6-11-19-33)49-51-47(34-20-12-7-13-21-34)50-48(52-49)36-25-27-44-40(28-36)38-26-24-35(29-45(38)54(44,3)4)32-16-8-5-9-17-32/h5-31,53-54H,1-4H3/q-2. The third-order valence-corrected chi connectivity index (χ3v) is 20.5. The maximum atomic E-state index is 5.38. The molecule has 0 N–H and O–H groups in total. The molecule has 0 radical (unpaired) electrons. The van der Waals surface area contributed by atoms with Gasteiger partial charge in [0.1, 0.15) is 0 Å². The Morgan fingerprint density at radius 1 is 0.278 bits per heavy atom. The number of rotatable bonds is 5. The van der Waals surface area contributed by atoms with Crippen LogP contribution in [-0.4, -0.2) is 31.1 Å². The van der Waals surface area contributed by atoms with E-state index in [0.717, 1.165) is 22.3 Å². The Labute approximate surface area is 319 Å². The molecule has 7 aromatic carbocycles. The van der Waals surface area contributed by atoms with Gasteiger partial charge in [-0.3, -0.25) is 0 Å². The topological polar surface area (TPSA) is 38.7 Å². The number of nitrogens with zero attached hydrogens (tertiary/aromatic N) is 3. The first-order valence-corrected chi connectivity index (χ1v) is 26.2. The van der Waals surface area contributed by atoms with Crippen LogP contribution >= 0.6 is 0 Å². The van der Waals surface area contributed by atoms with Gasteiger partial charge in [0.25, 0.3) is 0 Å². The van der Waals surface area contributed by atoms with Crippen molar-refractivity contribution in [2.45, 2.75) is 26.2 Å². The van der Waals surface area contributed by atoms with Crippen molar-refractivity contribution < 1.29 is 0 Å². The Balaban J connectivity index is 1.18. The summed E-state index contributed by atoms with van der Waals surface area (Å²) in [5.74, 6) is 2.06. The summed E-state index contributed by atoms with van der Waals surface area (Å²) in [7, 11) is -4.58. The second kappa shape index (κ2) is 12.3. The molecule has 5 heteroatoms. The zero-order valence-corrected chi connectivity index (χ0v) is 33.4. The normalized spacial score (nSPS) is 15.4. The van der Waals surface area contributed by atoms with Crippen molar-refractivity contribution in [2.75, 3.05) is 0 Å². The molecule has 0 saturated heterocycles. The number of fused-ring (bicyclic) bond motifs is 6. The van der Waals surface area contributed by atoms with Crippen molar-refractivity contribution in [1.82, 2.24) is 15.0 Å². The fourth-order valence-corrected chi connectivity index (χ4v) is 16.4. The van der Waals surface area contributed by atoms with Crippen LogP contribution < -0.4 is 20.7 Å². The van der Waals surface area contributed by atoms with Gasteiger partial charge in [0.05, 0.1) is 0 Å². The monoisotopic (exact) mass is 727 g/mol. The van der Waals surface area contributed by atoms with Crippen LogP contribution in [0.1, 0.15) is 0 Å². The van der Waals surface area contributed by atoms with Gasteiger partial charge in [-0.15, -0.1) is 0 Å². The van der Waals surface area contributed by atoms with Gasteiger partial charge in [0.2, 0.25) is 0 Å². The third-order valence-electron chi connectivity index (χ3n) is 12.3. The van der Waals surface area contributed by atoms with E-state index in [4.69, 9.17) is 15.0 Å². The van der Waals surface area contributed by atoms with Crippen LogP contribution in [-0.2, 0) is 0 Å². The molecule has 0 fully saturated rings. The van der Waals surface area contributed by atoms with Gasteiger partial charge in [0.15, 0.2) is 0 Å². The molecule has 0 aliphatic carbocycles. The Hall–Kier alpha value is -6.02. The molecule has 0 spiro atoms. The predicted octanol–water partition coefficient (Wildman–Crippen LogP) is 9.28. The van der Waals surface area contributed by atoms with Gasteiger partial charge >= 0.3 is 320 Å². The van der Waals surface area contributed by atoms with Crippen LogP contribution in [0.25, 0.3) is 78.7 Å². The zero-order valence-electron chi connectivity index (χ0n) is 31.1. The van der Waals surface area contributed by atoms with Crippen LogP contribution in [0.2, 0.25) is 26.2 Å². The van der Waals surface area contributed by atoms with Crippen molar-refractivity contribution in [3.05, 3.63) is 164 Å². The van der Waals surface area contributed by atoms with E-state index in [0.29, 0.717) is 17.5 Å². The molecular weight excluding hydrogens is 687 g/mol. The van der Waals surface area contributed by atoms with Crippen LogP contribution in [0.15, 0.2) is 164 Å². The Kier molecular flexibility index (Phi) is 7.41. The summed E-state index contributed by atoms with van der Waals surface area (Å²) >= 11 is 0. The number of hydrogen-bond acceptors (Lipinski definition) is 3. The molecule has 10 rings (SSSR count). The number of hydrogen-bond donors (Lipinski definition) is 0. The molecule has 0 amide bonds. The average Bonchev–Trinajstić information content (AvgIpc) is 3.59. The first-order valence-electron chi connectivity index (χ1n) is 19.2. The summed E-state index contributed by atoms with van der Waals surface area (Å²) in [6.07, 6.45) is 0. The fourth-order valence-electron chi connectivity index (χ4n) is 9.31. The minimum absolute atomic E-state index is 0.678. The van der Waals surface area contributed by atoms with Gasteiger partial charge in [-0.2, -0.15) is 0 Å². The summed E-state index contributed by atoms with van der Waals surface area (Å²) in [5.41, 5.74) is 13.2. The van der Waals surface area contributed by atoms with Gasteiger partial charge in [-0.05, 0) is 0 Å². The van der Waals surface area contributed by atoms with E-state index in [1.165, 1.54) is 59.7 Å². The molecule has 1 aromatic heterocycles. The van der Waals surface area contributed by atoms with Crippen molar-refractivity contribution in [1.29, 1.82) is 0 Å². The molecule has 8 aromatic rings. The summed E-state index contributed by atoms with van der Waals surface area (Å²) in [6, 6.07) is 59.6. The molecule has 0 atom stereocenters. The van der Waals surface area contributed by atoms with E-state index in [2.05, 4.69) is 184 Å². The van der Waals surface area contributed by atoms with Crippen LogP contribution in [0.4, 0.5) is 0 Å². The molecule has 2 aliphatic heterocycles. The summed E-state index contributed by atoms with van der Waals surface area (Å²) in [5, 5.41) is 6.00. The van der Waals surface area contributed by atoms with Crippen LogP contribution in [0.3, 0.4) is 0 Å². The van der Waals surface area contributed by atoms with Gasteiger partial charge < -0.3 is 0 Å². The third kappa shape index (κ3) is 5.11. The molecule has 3 nitrogen and oxygen atoms in total. The molecule has 54 heavy (non-hydrogen) atoms. The van der Waals surface area contributed by atoms with E-state index in [1.54, 1.807) is 0 Å². The summed E-state index contributed by atoms with van der Waals surface area (Å²) in [6.45, 7) is 10.0. The fraction of sp³-hybridized carbons (Fsp3) is 0.0816. The molecular formula is C49H41N3Si2-2. The minimum atomic E-state index is -2.30. The SMILES string of the molecule is C[SiH-]1(C)c2ccc(-c3nc(-c4ccccc4)nc(-c4cc5c(cc4-c4ccccc4)[SiH-](C)(C)c4ccccc4-5)n3)cc2-c2ccc(-c3ccccc3)cc21. The molecule has 3 heterocycles. The first kappa shape index (κ1) is 32.6. The average molecular weight is 728 g/mol. The second-order valence-corrected chi connectivity index (χ2v) is 26.3. The Morgan fingerprint density at radius 3 is 1.48 bits per heavy atom. The summed E-state index contributed by atoms with van der Waals surface area (Å²) < 4.78 is 0. The van der Waals surface area contributed by atoms with Gasteiger partial charge in [-0.1, -0.05) is 0 Å². The zero-order chi connectivity index (χ0) is 36.6. The van der Waals surface area contributed by atoms with Crippen LogP contribution in [0.5, 0.6) is 0 Å². The van der Waals surface area contributed by atoms with Crippen LogP contribution in [0, 0.1) is 0 Å². The van der Waals surface area contributed by atoms with Crippen molar-refractivity contribution in [2.24, 2.45) is 0 Å². The summed E-state index contributed by atoms with van der Waals surface area (Å²) in [4.78, 5) is 15.9. The van der Waals surface area contributed by atoms with E-state index < -0.39 is 16.1 Å². The van der Waals surface area contributed by atoms with Crippen molar-refractivity contribution >= 4 is 36.9 Å². The maximum absolute atomic E-state index is 5.38. The Bertz CT molecular complexity index is 2760. The van der Waals surface area contributed by atoms with Crippen molar-refractivity contribution in [3.63, 3.8) is 0 Å². The Morgan fingerprint density at radius 2 is 0.778 bits per heavy atom. The van der Waals surface area contributed by atoms with E-state index >= 15 is 0 Å². The van der Waals surface area contributed by atoms with Crippen molar-refractivity contribution in [3.8, 4) is 78.7 Å². The van der Waals surface area contributed by atoms with E-state index in [1.807, 2.05) is 6.07 Å². The number of benzene rings is 7. The first-order chi connectivity index (χ1) is 26.3. The second-order valence-electron chi connectivity index (χ2n) is 16.3. The quantitative estimate of drug-likeness (QED) is 0.166. The number of aromatic nitrogens is 3. The predicted molar refractivity (Wildman–Crippen MR) is 234 cm³/mol. The van der Waals surface area contributed by atoms with E-state index in [-0.39, 0.29) is 0 Å². The van der Waals surface area contributed by atoms with Gasteiger partial charge in [0, 0.05) is 0 Å².